The Morgan fingerprint density at radius 3 is 1.50 bits per heavy atom. The molecule has 0 aromatic carbocycles. The van der Waals surface area contributed by atoms with Crippen LogP contribution in [0.25, 0.3) is 0 Å². The summed E-state index contributed by atoms with van der Waals surface area (Å²) in [6, 6.07) is 0. The summed E-state index contributed by atoms with van der Waals surface area (Å²) < 4.78 is -0.222. The van der Waals surface area contributed by atoms with Gasteiger partial charge in [0.15, 0.2) is 0 Å². The Bertz CT molecular complexity index is 10.8. The molecule has 0 saturated heterocycles. The Hall–Kier alpha value is 1.12. The molecule has 0 N–H and O–H groups in total. The summed E-state index contributed by atoms with van der Waals surface area (Å²) in [5.41, 5.74) is 0. The number of halogens is 2. The molecule has 0 atom stereocenters. The SMILES string of the molecule is Cl[CH](Cl)[Ge]. The van der Waals surface area contributed by atoms with Crippen LogP contribution >= 0.6 is 23.2 Å². The summed E-state index contributed by atoms with van der Waals surface area (Å²) in [4.78, 5) is 0. The fourth-order valence-electron chi connectivity index (χ4n) is 0. The molecule has 0 aliphatic carbocycles. The average Bonchev–Trinajstić information content (AvgIpc) is 0.811. The van der Waals surface area contributed by atoms with Gasteiger partial charge < -0.3 is 0 Å². The molecule has 0 aromatic rings. The van der Waals surface area contributed by atoms with Crippen molar-refractivity contribution in [3.8, 4) is 0 Å². The van der Waals surface area contributed by atoms with Gasteiger partial charge in [0.1, 0.15) is 0 Å². The van der Waals surface area contributed by atoms with E-state index in [4.69, 9.17) is 23.2 Å². The van der Waals surface area contributed by atoms with Crippen molar-refractivity contribution in [3.63, 3.8) is 0 Å². The Morgan fingerprint density at radius 1 is 1.50 bits per heavy atom. The normalized spacial score (nSPS) is 9.00. The van der Waals surface area contributed by atoms with Gasteiger partial charge in [-0.15, -0.1) is 0 Å². The molecule has 4 heavy (non-hydrogen) atoms. The maximum absolute atomic E-state index is 5.04. The minimum absolute atomic E-state index is 0.222. The molecule has 0 fully saturated rings. The van der Waals surface area contributed by atoms with Gasteiger partial charge in [-0.05, 0) is 0 Å². The molecular weight excluding hydrogens is 156 g/mol. The molecular formula is CHCl2Ge. The number of alkyl halides is 2. The molecule has 0 nitrogen and oxygen atoms in total. The predicted octanol–water partition coefficient (Wildman–Crippen LogP) is 0.916. The summed E-state index contributed by atoms with van der Waals surface area (Å²) >= 11 is 11.8. The van der Waals surface area contributed by atoms with E-state index in [1.54, 1.807) is 16.5 Å². The average molecular weight is 157 g/mol. The van der Waals surface area contributed by atoms with E-state index >= 15 is 0 Å². The molecule has 0 saturated carbocycles. The van der Waals surface area contributed by atoms with Gasteiger partial charge >= 0.3 is 43.4 Å². The molecule has 0 unspecified atom stereocenters. The van der Waals surface area contributed by atoms with E-state index in [-0.39, 0.29) is 3.67 Å². The third kappa shape index (κ3) is 11.2. The Balaban J connectivity index is 2.32. The zero-order chi connectivity index (χ0) is 3.58. The van der Waals surface area contributed by atoms with Crippen LogP contribution in [0.3, 0.4) is 0 Å². The maximum atomic E-state index is 5.04. The molecule has 3 heteroatoms. The number of hydrogen-bond donors (Lipinski definition) is 0. The minimum atomic E-state index is -0.222. The number of hydrogen-bond acceptors (Lipinski definition) is 0. The van der Waals surface area contributed by atoms with E-state index in [0.717, 1.165) is 0 Å². The van der Waals surface area contributed by atoms with Gasteiger partial charge in [-0.1, -0.05) is 0 Å². The fraction of sp³-hybridized carbons (Fsp3) is 1.00. The first-order valence-corrected chi connectivity index (χ1v) is 2.81. The Labute approximate surface area is 43.7 Å². The van der Waals surface area contributed by atoms with Crippen LogP contribution in [0.15, 0.2) is 0 Å². The summed E-state index contributed by atoms with van der Waals surface area (Å²) in [7, 11) is 0. The topological polar surface area (TPSA) is 0 Å². The van der Waals surface area contributed by atoms with E-state index in [1.165, 1.54) is 0 Å². The van der Waals surface area contributed by atoms with Crippen LogP contribution in [0.4, 0.5) is 0 Å². The van der Waals surface area contributed by atoms with Crippen molar-refractivity contribution in [1.29, 1.82) is 0 Å². The van der Waals surface area contributed by atoms with Crippen molar-refractivity contribution >= 4 is 39.7 Å². The second-order valence-electron chi connectivity index (χ2n) is 0.301. The third-order valence-electron chi connectivity index (χ3n) is 0. The van der Waals surface area contributed by atoms with E-state index in [9.17, 15) is 0 Å². The van der Waals surface area contributed by atoms with Crippen LogP contribution in [0.1, 0.15) is 0 Å². The standard InChI is InChI=1S/CHCl2Ge/c2-1(3)4/h1H. The van der Waals surface area contributed by atoms with Crippen LogP contribution in [0.5, 0.6) is 0 Å². The first-order valence-electron chi connectivity index (χ1n) is 0.725. The summed E-state index contributed by atoms with van der Waals surface area (Å²) in [5, 5.41) is 0. The van der Waals surface area contributed by atoms with Crippen molar-refractivity contribution in [2.24, 2.45) is 0 Å². The van der Waals surface area contributed by atoms with Gasteiger partial charge in [0.05, 0.1) is 0 Å². The monoisotopic (exact) mass is 157 g/mol. The van der Waals surface area contributed by atoms with E-state index in [0.29, 0.717) is 0 Å². The van der Waals surface area contributed by atoms with Gasteiger partial charge in [-0.3, -0.25) is 0 Å². The Morgan fingerprint density at radius 2 is 1.50 bits per heavy atom. The summed E-state index contributed by atoms with van der Waals surface area (Å²) in [6.07, 6.45) is 0. The van der Waals surface area contributed by atoms with Gasteiger partial charge in [-0.2, -0.15) is 0 Å². The quantitative estimate of drug-likeness (QED) is 0.361. The third-order valence-corrected chi connectivity index (χ3v) is 0. The molecule has 0 rings (SSSR count). The second kappa shape index (κ2) is 2.37. The zero-order valence-electron chi connectivity index (χ0n) is 1.83. The van der Waals surface area contributed by atoms with Crippen molar-refractivity contribution in [1.82, 2.24) is 0 Å². The van der Waals surface area contributed by atoms with Gasteiger partial charge in [-0.25, -0.2) is 0 Å². The predicted molar refractivity (Wildman–Crippen MR) is 21.2 cm³/mol. The second-order valence-corrected chi connectivity index (χ2v) is 4.14. The van der Waals surface area contributed by atoms with Gasteiger partial charge in [0, 0.05) is 0 Å². The van der Waals surface area contributed by atoms with E-state index in [2.05, 4.69) is 0 Å². The molecule has 0 bridgehead atoms. The Kier molecular flexibility index (Phi) is 3.03. The van der Waals surface area contributed by atoms with Gasteiger partial charge in [0.25, 0.3) is 0 Å². The zero-order valence-corrected chi connectivity index (χ0v) is 5.44. The first-order chi connectivity index (χ1) is 1.73. The molecule has 0 aromatic heterocycles. The number of rotatable bonds is 0. The molecule has 0 heterocycles. The van der Waals surface area contributed by atoms with E-state index < -0.39 is 0 Å². The van der Waals surface area contributed by atoms with Crippen molar-refractivity contribution in [2.45, 2.75) is 3.67 Å². The van der Waals surface area contributed by atoms with Crippen LogP contribution in [0.2, 0.25) is 0 Å². The fourth-order valence-corrected chi connectivity index (χ4v) is 0. The molecule has 0 aliphatic rings. The first kappa shape index (κ1) is 5.12. The molecule has 3 radical (unpaired) electrons. The van der Waals surface area contributed by atoms with Crippen molar-refractivity contribution in [2.75, 3.05) is 0 Å². The van der Waals surface area contributed by atoms with Crippen LogP contribution in [0, 0.1) is 0 Å². The molecule has 0 aliphatic heterocycles. The molecule has 0 spiro atoms. The van der Waals surface area contributed by atoms with Gasteiger partial charge in [0.2, 0.25) is 0 Å². The van der Waals surface area contributed by atoms with Crippen LogP contribution < -0.4 is 0 Å². The van der Waals surface area contributed by atoms with E-state index in [1.807, 2.05) is 0 Å². The molecule has 0 amide bonds. The van der Waals surface area contributed by atoms with Crippen LogP contribution in [-0.2, 0) is 0 Å². The van der Waals surface area contributed by atoms with Crippen LogP contribution in [-0.4, -0.2) is 20.2 Å². The molecule has 23 valence electrons. The van der Waals surface area contributed by atoms with Crippen molar-refractivity contribution in [3.05, 3.63) is 0 Å². The summed E-state index contributed by atoms with van der Waals surface area (Å²) in [6.45, 7) is 0. The van der Waals surface area contributed by atoms with Crippen molar-refractivity contribution < 1.29 is 0 Å². The summed E-state index contributed by atoms with van der Waals surface area (Å²) in [5.74, 6) is 0.